The van der Waals surface area contributed by atoms with Crippen molar-refractivity contribution in [2.24, 2.45) is 5.41 Å². The number of nitrogens with one attached hydrogen (secondary N) is 1. The molecule has 2 fully saturated rings. The van der Waals surface area contributed by atoms with Crippen LogP contribution in [0, 0.1) is 5.41 Å². The van der Waals surface area contributed by atoms with Crippen LogP contribution in [0.25, 0.3) is 0 Å². The van der Waals surface area contributed by atoms with Gasteiger partial charge in [0, 0.05) is 26.2 Å². The van der Waals surface area contributed by atoms with E-state index in [9.17, 15) is 9.59 Å². The predicted molar refractivity (Wildman–Crippen MR) is 64.2 cm³/mol. The molecule has 0 saturated carbocycles. The molecule has 0 aromatic carbocycles. The summed E-state index contributed by atoms with van der Waals surface area (Å²) in [6, 6.07) is 0. The Balaban J connectivity index is 1.85. The van der Waals surface area contributed by atoms with Gasteiger partial charge in [-0.2, -0.15) is 0 Å². The number of likely N-dealkylation sites (tertiary alicyclic amines) is 1. The number of morpholine rings is 1. The minimum Gasteiger partial charge on any atom is -0.481 e. The van der Waals surface area contributed by atoms with Gasteiger partial charge < -0.3 is 20.1 Å². The highest BCUT2D eigenvalue weighted by Crippen LogP contribution is 2.30. The number of hydrogen-bond donors (Lipinski definition) is 2. The minimum atomic E-state index is -0.826. The van der Waals surface area contributed by atoms with Gasteiger partial charge in [-0.25, -0.2) is 0 Å². The number of amides is 1. The van der Waals surface area contributed by atoms with Crippen molar-refractivity contribution in [3.8, 4) is 0 Å². The zero-order chi connectivity index (χ0) is 13.2. The van der Waals surface area contributed by atoms with Crippen molar-refractivity contribution in [3.05, 3.63) is 0 Å². The number of nitrogens with zero attached hydrogens (tertiary/aromatic N) is 1. The normalized spacial score (nSPS) is 32.5. The number of aliphatic carboxylic acids is 1. The molecule has 102 valence electrons. The van der Waals surface area contributed by atoms with Crippen molar-refractivity contribution in [2.45, 2.75) is 25.9 Å². The third-order valence-corrected chi connectivity index (χ3v) is 3.75. The summed E-state index contributed by atoms with van der Waals surface area (Å²) in [5, 5.41) is 12.3. The average Bonchev–Trinajstić information content (AvgIpc) is 2.75. The summed E-state index contributed by atoms with van der Waals surface area (Å²) in [7, 11) is 0. The van der Waals surface area contributed by atoms with Crippen LogP contribution >= 0.6 is 0 Å². The first-order chi connectivity index (χ1) is 8.51. The van der Waals surface area contributed by atoms with Gasteiger partial charge in [-0.05, 0) is 13.3 Å². The van der Waals surface area contributed by atoms with Gasteiger partial charge in [-0.3, -0.25) is 9.59 Å². The van der Waals surface area contributed by atoms with Crippen LogP contribution in [0.4, 0.5) is 0 Å². The predicted octanol–water partition coefficient (Wildman–Crippen LogP) is -0.312. The van der Waals surface area contributed by atoms with Crippen LogP contribution in [-0.4, -0.2) is 60.8 Å². The molecule has 2 saturated heterocycles. The van der Waals surface area contributed by atoms with Gasteiger partial charge in [0.25, 0.3) is 0 Å². The summed E-state index contributed by atoms with van der Waals surface area (Å²) >= 11 is 0. The van der Waals surface area contributed by atoms with E-state index in [1.165, 1.54) is 0 Å². The van der Waals surface area contributed by atoms with Gasteiger partial charge in [-0.1, -0.05) is 0 Å². The van der Waals surface area contributed by atoms with E-state index in [0.29, 0.717) is 39.1 Å². The summed E-state index contributed by atoms with van der Waals surface area (Å²) in [6.07, 6.45) is 0.781. The maximum absolute atomic E-state index is 12.0. The monoisotopic (exact) mass is 256 g/mol. The number of rotatable bonds is 3. The first kappa shape index (κ1) is 13.3. The lowest BCUT2D eigenvalue weighted by Crippen LogP contribution is -2.42. The van der Waals surface area contributed by atoms with Crippen molar-refractivity contribution in [1.82, 2.24) is 10.2 Å². The van der Waals surface area contributed by atoms with Crippen LogP contribution in [0.3, 0.4) is 0 Å². The van der Waals surface area contributed by atoms with E-state index in [1.54, 1.807) is 11.8 Å². The average molecular weight is 256 g/mol. The van der Waals surface area contributed by atoms with E-state index < -0.39 is 11.4 Å². The van der Waals surface area contributed by atoms with Crippen LogP contribution in [0.1, 0.15) is 19.8 Å². The van der Waals surface area contributed by atoms with E-state index in [4.69, 9.17) is 9.84 Å². The zero-order valence-corrected chi connectivity index (χ0v) is 10.6. The second-order valence-electron chi connectivity index (χ2n) is 5.33. The third-order valence-electron chi connectivity index (χ3n) is 3.75. The molecule has 0 bridgehead atoms. The van der Waals surface area contributed by atoms with Gasteiger partial charge in [0.1, 0.15) is 0 Å². The zero-order valence-electron chi connectivity index (χ0n) is 10.6. The van der Waals surface area contributed by atoms with E-state index >= 15 is 0 Å². The van der Waals surface area contributed by atoms with Crippen LogP contribution in [-0.2, 0) is 14.3 Å². The quantitative estimate of drug-likeness (QED) is 0.724. The van der Waals surface area contributed by atoms with Crippen LogP contribution < -0.4 is 5.32 Å². The Kier molecular flexibility index (Phi) is 3.87. The van der Waals surface area contributed by atoms with Gasteiger partial charge in [0.15, 0.2) is 0 Å². The standard InChI is InChI=1S/C12H20N2O4/c1-12(11(16)17)2-4-14(8-12)10(15)6-9-7-13-3-5-18-9/h9,13H,2-8H2,1H3,(H,16,17). The smallest absolute Gasteiger partial charge is 0.311 e. The first-order valence-corrected chi connectivity index (χ1v) is 6.35. The third kappa shape index (κ3) is 2.81. The molecule has 2 N–H and O–H groups in total. The molecule has 2 unspecified atom stereocenters. The fourth-order valence-electron chi connectivity index (χ4n) is 2.42. The molecule has 6 nitrogen and oxygen atoms in total. The molecule has 2 aliphatic heterocycles. The summed E-state index contributed by atoms with van der Waals surface area (Å²) in [6.45, 7) is 4.68. The summed E-state index contributed by atoms with van der Waals surface area (Å²) in [4.78, 5) is 24.8. The highest BCUT2D eigenvalue weighted by atomic mass is 16.5. The van der Waals surface area contributed by atoms with Crippen molar-refractivity contribution in [3.63, 3.8) is 0 Å². The molecular formula is C12H20N2O4. The fourth-order valence-corrected chi connectivity index (χ4v) is 2.42. The van der Waals surface area contributed by atoms with Crippen molar-refractivity contribution in [1.29, 1.82) is 0 Å². The molecule has 1 amide bonds. The highest BCUT2D eigenvalue weighted by molar-refractivity contribution is 5.80. The lowest BCUT2D eigenvalue weighted by Gasteiger charge is -2.26. The molecule has 0 radical (unpaired) electrons. The summed E-state index contributed by atoms with van der Waals surface area (Å²) in [5.41, 5.74) is -0.790. The number of carbonyl (C=O) groups excluding carboxylic acids is 1. The van der Waals surface area contributed by atoms with E-state index in [-0.39, 0.29) is 12.0 Å². The minimum absolute atomic E-state index is 0.00586. The molecule has 2 aliphatic rings. The Morgan fingerprint density at radius 2 is 2.33 bits per heavy atom. The lowest BCUT2D eigenvalue weighted by molar-refractivity contribution is -0.147. The first-order valence-electron chi connectivity index (χ1n) is 6.35. The summed E-state index contributed by atoms with van der Waals surface area (Å²) in [5.74, 6) is -0.831. The molecule has 2 atom stereocenters. The molecule has 18 heavy (non-hydrogen) atoms. The highest BCUT2D eigenvalue weighted by Gasteiger charge is 2.42. The number of carboxylic acid groups (broad SMARTS) is 1. The van der Waals surface area contributed by atoms with Crippen molar-refractivity contribution < 1.29 is 19.4 Å². The van der Waals surface area contributed by atoms with E-state index in [2.05, 4.69) is 5.32 Å². The van der Waals surface area contributed by atoms with Crippen LogP contribution in [0.15, 0.2) is 0 Å². The Bertz CT molecular complexity index is 341. The van der Waals surface area contributed by atoms with Gasteiger partial charge >= 0.3 is 5.97 Å². The second-order valence-corrected chi connectivity index (χ2v) is 5.33. The molecular weight excluding hydrogens is 236 g/mol. The topological polar surface area (TPSA) is 78.9 Å². The number of carboxylic acids is 1. The number of hydrogen-bond acceptors (Lipinski definition) is 4. The Labute approximate surface area is 106 Å². The van der Waals surface area contributed by atoms with Crippen molar-refractivity contribution >= 4 is 11.9 Å². The SMILES string of the molecule is CC1(C(=O)O)CCN(C(=O)CC2CNCCO2)C1. The maximum atomic E-state index is 12.0. The lowest BCUT2D eigenvalue weighted by atomic mass is 9.90. The molecule has 2 rings (SSSR count). The molecule has 0 aromatic heterocycles. The van der Waals surface area contributed by atoms with Gasteiger partial charge in [-0.15, -0.1) is 0 Å². The van der Waals surface area contributed by atoms with E-state index in [0.717, 1.165) is 6.54 Å². The second kappa shape index (κ2) is 5.24. The molecule has 6 heteroatoms. The van der Waals surface area contributed by atoms with Crippen LogP contribution in [0.5, 0.6) is 0 Å². The largest absolute Gasteiger partial charge is 0.481 e. The van der Waals surface area contributed by atoms with Crippen LogP contribution in [0.2, 0.25) is 0 Å². The molecule has 2 heterocycles. The Morgan fingerprint density at radius 3 is 2.89 bits per heavy atom. The summed E-state index contributed by atoms with van der Waals surface area (Å²) < 4.78 is 5.48. The number of ether oxygens (including phenoxy) is 1. The van der Waals surface area contributed by atoms with Crippen molar-refractivity contribution in [2.75, 3.05) is 32.8 Å². The molecule has 0 aliphatic carbocycles. The van der Waals surface area contributed by atoms with E-state index in [1.807, 2.05) is 0 Å². The molecule has 0 spiro atoms. The van der Waals surface area contributed by atoms with Gasteiger partial charge in [0.2, 0.25) is 5.91 Å². The van der Waals surface area contributed by atoms with Gasteiger partial charge in [0.05, 0.1) is 24.5 Å². The Morgan fingerprint density at radius 1 is 1.56 bits per heavy atom. The fraction of sp³-hybridized carbons (Fsp3) is 0.833. The maximum Gasteiger partial charge on any atom is 0.311 e. The Hall–Kier alpha value is -1.14. The number of carbonyl (C=O) groups is 2. The molecule has 0 aromatic rings.